The molecular formula is C20H18FN3O. The first-order chi connectivity index (χ1) is 12.2. The van der Waals surface area contributed by atoms with E-state index in [1.54, 1.807) is 12.1 Å². The summed E-state index contributed by atoms with van der Waals surface area (Å²) in [6.07, 6.45) is 6.05. The van der Waals surface area contributed by atoms with Gasteiger partial charge in [-0.2, -0.15) is 4.98 Å². The highest BCUT2D eigenvalue weighted by Gasteiger charge is 2.11. The van der Waals surface area contributed by atoms with Crippen LogP contribution in [0.3, 0.4) is 0 Å². The van der Waals surface area contributed by atoms with Crippen LogP contribution in [0.5, 0.6) is 0 Å². The minimum absolute atomic E-state index is 0.244. The van der Waals surface area contributed by atoms with E-state index in [0.29, 0.717) is 37.8 Å². The average Bonchev–Trinajstić information content (AvgIpc) is 3.12. The van der Waals surface area contributed by atoms with Gasteiger partial charge in [0.15, 0.2) is 0 Å². The third kappa shape index (κ3) is 4.75. The number of benzene rings is 2. The normalized spacial score (nSPS) is 10.8. The lowest BCUT2D eigenvalue weighted by molar-refractivity contribution is 0.283. The van der Waals surface area contributed by atoms with Crippen molar-refractivity contribution in [3.05, 3.63) is 71.9 Å². The molecule has 0 amide bonds. The summed E-state index contributed by atoms with van der Waals surface area (Å²) >= 11 is 0. The predicted molar refractivity (Wildman–Crippen MR) is 93.9 cm³/mol. The van der Waals surface area contributed by atoms with Crippen molar-refractivity contribution in [2.75, 3.05) is 13.1 Å². The van der Waals surface area contributed by atoms with Gasteiger partial charge in [-0.1, -0.05) is 53.5 Å². The molecule has 4 nitrogen and oxygen atoms in total. The van der Waals surface area contributed by atoms with Crippen LogP contribution in [0.25, 0.3) is 11.4 Å². The van der Waals surface area contributed by atoms with Gasteiger partial charge in [0.25, 0.3) is 0 Å². The summed E-state index contributed by atoms with van der Waals surface area (Å²) in [4.78, 5) is 6.51. The SMILES string of the molecule is C#CCN(CCc1nc(-c2ccccc2)no1)Cc1ccc(F)cc1. The third-order valence-electron chi connectivity index (χ3n) is 3.78. The van der Waals surface area contributed by atoms with E-state index >= 15 is 0 Å². The van der Waals surface area contributed by atoms with Gasteiger partial charge in [0, 0.05) is 25.1 Å². The van der Waals surface area contributed by atoms with Gasteiger partial charge in [0.1, 0.15) is 5.82 Å². The van der Waals surface area contributed by atoms with Crippen molar-refractivity contribution >= 4 is 0 Å². The van der Waals surface area contributed by atoms with Gasteiger partial charge in [0.05, 0.1) is 6.54 Å². The number of rotatable bonds is 7. The van der Waals surface area contributed by atoms with Crippen LogP contribution < -0.4 is 0 Å². The molecule has 0 atom stereocenters. The number of hydrogen-bond donors (Lipinski definition) is 0. The Morgan fingerprint density at radius 2 is 1.84 bits per heavy atom. The molecule has 0 fully saturated rings. The summed E-state index contributed by atoms with van der Waals surface area (Å²) in [5.41, 5.74) is 1.93. The fraction of sp³-hybridized carbons (Fsp3) is 0.200. The maximum atomic E-state index is 13.0. The van der Waals surface area contributed by atoms with Crippen LogP contribution in [0.1, 0.15) is 11.5 Å². The lowest BCUT2D eigenvalue weighted by Crippen LogP contribution is -2.26. The minimum Gasteiger partial charge on any atom is -0.339 e. The van der Waals surface area contributed by atoms with Gasteiger partial charge in [0.2, 0.25) is 11.7 Å². The quantitative estimate of drug-likeness (QED) is 0.619. The molecule has 25 heavy (non-hydrogen) atoms. The molecule has 2 aromatic carbocycles. The van der Waals surface area contributed by atoms with Crippen LogP contribution in [-0.2, 0) is 13.0 Å². The van der Waals surface area contributed by atoms with E-state index < -0.39 is 0 Å². The van der Waals surface area contributed by atoms with Gasteiger partial charge < -0.3 is 4.52 Å². The highest BCUT2D eigenvalue weighted by Crippen LogP contribution is 2.15. The molecule has 3 aromatic rings. The van der Waals surface area contributed by atoms with Crippen molar-refractivity contribution < 1.29 is 8.91 Å². The molecule has 0 radical (unpaired) electrons. The van der Waals surface area contributed by atoms with E-state index in [0.717, 1.165) is 11.1 Å². The van der Waals surface area contributed by atoms with Crippen LogP contribution in [0.15, 0.2) is 59.1 Å². The number of aromatic nitrogens is 2. The Labute approximate surface area is 146 Å². The van der Waals surface area contributed by atoms with Crippen LogP contribution in [0.2, 0.25) is 0 Å². The number of halogens is 1. The molecule has 0 bridgehead atoms. The molecule has 1 aromatic heterocycles. The van der Waals surface area contributed by atoms with Crippen LogP contribution in [-0.4, -0.2) is 28.1 Å². The van der Waals surface area contributed by atoms with Crippen molar-refractivity contribution in [3.63, 3.8) is 0 Å². The minimum atomic E-state index is -0.244. The maximum Gasteiger partial charge on any atom is 0.228 e. The lowest BCUT2D eigenvalue weighted by atomic mass is 10.2. The van der Waals surface area contributed by atoms with E-state index in [9.17, 15) is 4.39 Å². The Balaban J connectivity index is 1.61. The first-order valence-electron chi connectivity index (χ1n) is 8.03. The van der Waals surface area contributed by atoms with Crippen molar-refractivity contribution in [1.29, 1.82) is 0 Å². The molecule has 0 N–H and O–H groups in total. The molecule has 0 unspecified atom stereocenters. The third-order valence-corrected chi connectivity index (χ3v) is 3.78. The Hall–Kier alpha value is -2.97. The molecule has 0 saturated carbocycles. The summed E-state index contributed by atoms with van der Waals surface area (Å²) in [6.45, 7) is 1.82. The number of nitrogens with zero attached hydrogens (tertiary/aromatic N) is 3. The largest absolute Gasteiger partial charge is 0.339 e. The molecule has 0 aliphatic carbocycles. The highest BCUT2D eigenvalue weighted by atomic mass is 19.1. The van der Waals surface area contributed by atoms with Crippen LogP contribution >= 0.6 is 0 Å². The van der Waals surface area contributed by atoms with E-state index in [4.69, 9.17) is 10.9 Å². The maximum absolute atomic E-state index is 13.0. The van der Waals surface area contributed by atoms with Crippen LogP contribution in [0.4, 0.5) is 4.39 Å². The zero-order valence-electron chi connectivity index (χ0n) is 13.7. The number of hydrogen-bond acceptors (Lipinski definition) is 4. The topological polar surface area (TPSA) is 42.2 Å². The Morgan fingerprint density at radius 3 is 2.56 bits per heavy atom. The lowest BCUT2D eigenvalue weighted by Gasteiger charge is -2.18. The predicted octanol–water partition coefficient (Wildman–Crippen LogP) is 3.55. The fourth-order valence-corrected chi connectivity index (χ4v) is 2.51. The Bertz CT molecular complexity index is 837. The van der Waals surface area contributed by atoms with E-state index in [1.165, 1.54) is 12.1 Å². The zero-order chi connectivity index (χ0) is 17.5. The van der Waals surface area contributed by atoms with Gasteiger partial charge in [-0.05, 0) is 17.7 Å². The second-order valence-corrected chi connectivity index (χ2v) is 5.67. The van der Waals surface area contributed by atoms with Crippen molar-refractivity contribution in [1.82, 2.24) is 15.0 Å². The Morgan fingerprint density at radius 1 is 1.08 bits per heavy atom. The first kappa shape index (κ1) is 16.9. The van der Waals surface area contributed by atoms with Crippen molar-refractivity contribution in [2.45, 2.75) is 13.0 Å². The summed E-state index contributed by atoms with van der Waals surface area (Å²) in [5, 5.41) is 4.02. The summed E-state index contributed by atoms with van der Waals surface area (Å²) in [6, 6.07) is 16.1. The molecule has 3 rings (SSSR count). The van der Waals surface area contributed by atoms with Gasteiger partial charge in [-0.25, -0.2) is 4.39 Å². The molecule has 1 heterocycles. The van der Waals surface area contributed by atoms with Crippen LogP contribution in [0, 0.1) is 18.2 Å². The zero-order valence-corrected chi connectivity index (χ0v) is 13.7. The van der Waals surface area contributed by atoms with Gasteiger partial charge in [-0.15, -0.1) is 6.42 Å². The number of terminal acetylenes is 1. The summed E-state index contributed by atoms with van der Waals surface area (Å²) < 4.78 is 18.3. The molecule has 5 heteroatoms. The second kappa shape index (κ2) is 8.22. The highest BCUT2D eigenvalue weighted by molar-refractivity contribution is 5.53. The fourth-order valence-electron chi connectivity index (χ4n) is 2.51. The molecular weight excluding hydrogens is 317 g/mol. The molecule has 0 aliphatic heterocycles. The average molecular weight is 335 g/mol. The molecule has 0 spiro atoms. The smallest absolute Gasteiger partial charge is 0.228 e. The van der Waals surface area contributed by atoms with E-state index in [1.807, 2.05) is 30.3 Å². The van der Waals surface area contributed by atoms with E-state index in [-0.39, 0.29) is 5.82 Å². The molecule has 126 valence electrons. The molecule has 0 aliphatic rings. The van der Waals surface area contributed by atoms with Crippen molar-refractivity contribution in [2.24, 2.45) is 0 Å². The first-order valence-corrected chi connectivity index (χ1v) is 8.03. The van der Waals surface area contributed by atoms with Crippen molar-refractivity contribution in [3.8, 4) is 23.7 Å². The Kier molecular flexibility index (Phi) is 5.55. The summed E-state index contributed by atoms with van der Waals surface area (Å²) in [7, 11) is 0. The van der Waals surface area contributed by atoms with Gasteiger partial charge >= 0.3 is 0 Å². The standard InChI is InChI=1S/C20H18FN3O/c1-2-13-24(15-16-8-10-18(21)11-9-16)14-12-19-22-20(23-25-19)17-6-4-3-5-7-17/h1,3-11H,12-15H2. The van der Waals surface area contributed by atoms with Gasteiger partial charge in [-0.3, -0.25) is 4.90 Å². The second-order valence-electron chi connectivity index (χ2n) is 5.67. The monoisotopic (exact) mass is 335 g/mol. The molecule has 0 saturated heterocycles. The summed E-state index contributed by atoms with van der Waals surface area (Å²) in [5.74, 6) is 3.56. The van der Waals surface area contributed by atoms with E-state index in [2.05, 4.69) is 21.0 Å².